The highest BCUT2D eigenvalue weighted by Crippen LogP contribution is 2.30. The minimum absolute atomic E-state index is 0.0319. The van der Waals surface area contributed by atoms with Gasteiger partial charge in [0.2, 0.25) is 0 Å². The molecule has 0 bridgehead atoms. The molecule has 1 aliphatic heterocycles. The molecular formula is C15H17BrN2O7. The second kappa shape index (κ2) is 8.26. The van der Waals surface area contributed by atoms with Gasteiger partial charge in [-0.1, -0.05) is 15.9 Å². The Kier molecular flexibility index (Phi) is 6.32. The summed E-state index contributed by atoms with van der Waals surface area (Å²) < 4.78 is 17.0. The molecule has 10 heteroatoms. The molecule has 25 heavy (non-hydrogen) atoms. The first-order valence-electron chi connectivity index (χ1n) is 7.40. The first-order chi connectivity index (χ1) is 11.8. The summed E-state index contributed by atoms with van der Waals surface area (Å²) >= 11 is 3.07. The van der Waals surface area contributed by atoms with Crippen LogP contribution in [0.3, 0.4) is 0 Å². The Hall–Kier alpha value is -2.20. The van der Waals surface area contributed by atoms with Gasteiger partial charge in [0, 0.05) is 26.5 Å². The van der Waals surface area contributed by atoms with Crippen LogP contribution >= 0.6 is 15.9 Å². The molecule has 0 aliphatic carbocycles. The van der Waals surface area contributed by atoms with Crippen molar-refractivity contribution >= 4 is 33.9 Å². The van der Waals surface area contributed by atoms with Crippen LogP contribution in [0.2, 0.25) is 0 Å². The number of hydrogen-bond acceptors (Lipinski definition) is 7. The normalized spacial score (nSPS) is 22.9. The summed E-state index contributed by atoms with van der Waals surface area (Å²) in [5.41, 5.74) is -1.05. The number of aromatic nitrogens is 2. The molecule has 1 aromatic rings. The molecule has 2 rings (SSSR count). The molecule has 1 saturated heterocycles. The van der Waals surface area contributed by atoms with Gasteiger partial charge in [-0.3, -0.25) is 23.9 Å². The van der Waals surface area contributed by atoms with Gasteiger partial charge in [-0.15, -0.1) is 0 Å². The number of esters is 2. The molecule has 0 saturated carbocycles. The fraction of sp³-hybridized carbons (Fsp3) is 0.467. The van der Waals surface area contributed by atoms with Crippen molar-refractivity contribution in [3.05, 3.63) is 37.6 Å². The number of nitrogens with one attached hydrogen (secondary N) is 1. The zero-order valence-corrected chi connectivity index (χ0v) is 15.1. The minimum Gasteiger partial charge on any atom is -0.463 e. The number of aromatic amines is 1. The van der Waals surface area contributed by atoms with Crippen LogP contribution in [-0.4, -0.2) is 40.3 Å². The zero-order valence-electron chi connectivity index (χ0n) is 13.6. The number of ether oxygens (including phenoxy) is 3. The van der Waals surface area contributed by atoms with Crippen LogP contribution in [-0.2, 0) is 23.8 Å². The maximum absolute atomic E-state index is 12.2. The molecular weight excluding hydrogens is 400 g/mol. The molecule has 0 radical (unpaired) electrons. The van der Waals surface area contributed by atoms with Crippen molar-refractivity contribution in [2.45, 2.75) is 38.7 Å². The molecule has 9 nitrogen and oxygen atoms in total. The van der Waals surface area contributed by atoms with Crippen molar-refractivity contribution in [1.82, 2.24) is 9.55 Å². The summed E-state index contributed by atoms with van der Waals surface area (Å²) in [5.74, 6) is -1.01. The molecule has 136 valence electrons. The Balaban J connectivity index is 2.34. The second-order valence-electron chi connectivity index (χ2n) is 5.38. The average Bonchev–Trinajstić information content (AvgIpc) is 2.90. The molecule has 1 fully saturated rings. The van der Waals surface area contributed by atoms with Gasteiger partial charge in [0.05, 0.1) is 11.7 Å². The van der Waals surface area contributed by atoms with Crippen molar-refractivity contribution in [2.75, 3.05) is 6.61 Å². The molecule has 2 heterocycles. The third-order valence-electron chi connectivity index (χ3n) is 3.45. The fourth-order valence-corrected chi connectivity index (χ4v) is 2.76. The van der Waals surface area contributed by atoms with Crippen LogP contribution in [0.4, 0.5) is 0 Å². The molecule has 0 aromatic carbocycles. The average molecular weight is 417 g/mol. The van der Waals surface area contributed by atoms with E-state index in [0.29, 0.717) is 0 Å². The molecule has 0 amide bonds. The highest BCUT2D eigenvalue weighted by Gasteiger charge is 2.40. The van der Waals surface area contributed by atoms with Gasteiger partial charge >= 0.3 is 17.6 Å². The number of rotatable bonds is 5. The van der Waals surface area contributed by atoms with E-state index in [0.717, 1.165) is 4.57 Å². The quantitative estimate of drug-likeness (QED) is 0.701. The van der Waals surface area contributed by atoms with Crippen LogP contribution in [0, 0.1) is 0 Å². The van der Waals surface area contributed by atoms with Gasteiger partial charge in [-0.05, 0) is 11.1 Å². The lowest BCUT2D eigenvalue weighted by molar-refractivity contribution is -0.153. The fourth-order valence-electron chi connectivity index (χ4n) is 2.47. The molecule has 3 atom stereocenters. The summed E-state index contributed by atoms with van der Waals surface area (Å²) in [4.78, 5) is 49.9. The van der Waals surface area contributed by atoms with Gasteiger partial charge in [0.1, 0.15) is 12.7 Å². The highest BCUT2D eigenvalue weighted by molar-refractivity contribution is 9.11. The lowest BCUT2D eigenvalue weighted by Crippen LogP contribution is -2.37. The minimum atomic E-state index is -0.948. The van der Waals surface area contributed by atoms with Crippen LogP contribution in [0.1, 0.15) is 32.1 Å². The number of hydrogen-bond donors (Lipinski definition) is 1. The lowest BCUT2D eigenvalue weighted by Gasteiger charge is -2.20. The van der Waals surface area contributed by atoms with Gasteiger partial charge in [-0.2, -0.15) is 0 Å². The van der Waals surface area contributed by atoms with E-state index < -0.39 is 41.6 Å². The summed E-state index contributed by atoms with van der Waals surface area (Å²) in [7, 11) is 0. The largest absolute Gasteiger partial charge is 0.463 e. The van der Waals surface area contributed by atoms with Gasteiger partial charge in [0.15, 0.2) is 6.23 Å². The third kappa shape index (κ3) is 4.89. The Morgan fingerprint density at radius 2 is 2.12 bits per heavy atom. The van der Waals surface area contributed by atoms with E-state index >= 15 is 0 Å². The summed E-state index contributed by atoms with van der Waals surface area (Å²) in [6, 6.07) is 0. The SMILES string of the molecule is CC(=O)OC[C@@H]1C[C@@H](OC(C)=O)[C@H](n2cc(C=CBr)c(=O)[nH]c2=O)O1. The van der Waals surface area contributed by atoms with E-state index in [4.69, 9.17) is 14.2 Å². The molecule has 1 N–H and O–H groups in total. The monoisotopic (exact) mass is 416 g/mol. The van der Waals surface area contributed by atoms with E-state index in [9.17, 15) is 19.2 Å². The predicted molar refractivity (Wildman–Crippen MR) is 90.0 cm³/mol. The van der Waals surface area contributed by atoms with Crippen LogP contribution in [0.15, 0.2) is 20.8 Å². The maximum atomic E-state index is 12.2. The van der Waals surface area contributed by atoms with Crippen molar-refractivity contribution in [1.29, 1.82) is 0 Å². The van der Waals surface area contributed by atoms with Gasteiger partial charge in [0.25, 0.3) is 5.56 Å². The number of carbonyl (C=O) groups excluding carboxylic acids is 2. The smallest absolute Gasteiger partial charge is 0.330 e. The van der Waals surface area contributed by atoms with E-state index in [1.807, 2.05) is 0 Å². The number of halogens is 1. The van der Waals surface area contributed by atoms with Crippen molar-refractivity contribution in [3.8, 4) is 0 Å². The first kappa shape index (κ1) is 19.1. The Morgan fingerprint density at radius 3 is 2.72 bits per heavy atom. The Bertz CT molecular complexity index is 798. The highest BCUT2D eigenvalue weighted by atomic mass is 79.9. The Labute approximate surface area is 150 Å². The van der Waals surface area contributed by atoms with E-state index in [2.05, 4.69) is 20.9 Å². The number of carbonyl (C=O) groups is 2. The van der Waals surface area contributed by atoms with E-state index in [1.54, 1.807) is 0 Å². The summed E-state index contributed by atoms with van der Waals surface area (Å²) in [5, 5.41) is 0. The predicted octanol–water partition coefficient (Wildman–Crippen LogP) is 0.684. The van der Waals surface area contributed by atoms with Crippen LogP contribution in [0.25, 0.3) is 6.08 Å². The van der Waals surface area contributed by atoms with Gasteiger partial charge in [-0.25, -0.2) is 4.79 Å². The molecule has 0 spiro atoms. The Morgan fingerprint density at radius 1 is 1.40 bits per heavy atom. The van der Waals surface area contributed by atoms with E-state index in [1.165, 1.54) is 31.1 Å². The maximum Gasteiger partial charge on any atom is 0.330 e. The molecule has 1 aliphatic rings. The van der Waals surface area contributed by atoms with Crippen molar-refractivity contribution < 1.29 is 23.8 Å². The number of H-pyrrole nitrogens is 1. The van der Waals surface area contributed by atoms with E-state index in [-0.39, 0.29) is 18.6 Å². The first-order valence-corrected chi connectivity index (χ1v) is 8.31. The summed E-state index contributed by atoms with van der Waals surface area (Å²) in [6.45, 7) is 2.47. The number of nitrogens with zero attached hydrogens (tertiary/aromatic N) is 1. The zero-order chi connectivity index (χ0) is 18.6. The lowest BCUT2D eigenvalue weighted by atomic mass is 10.2. The van der Waals surface area contributed by atoms with Crippen molar-refractivity contribution in [3.63, 3.8) is 0 Å². The molecule has 0 unspecified atom stereocenters. The standard InChI is InChI=1S/C15H17BrN2O7/c1-8(19)23-7-11-5-12(24-9(2)20)14(25-11)18-6-10(3-4-16)13(21)17-15(18)22/h3-4,6,11-12,14H,5,7H2,1-2H3,(H,17,21,22)/t11-,12+,14+/m0/s1. The van der Waals surface area contributed by atoms with Crippen molar-refractivity contribution in [2.24, 2.45) is 0 Å². The van der Waals surface area contributed by atoms with Crippen LogP contribution < -0.4 is 11.2 Å². The van der Waals surface area contributed by atoms with Crippen LogP contribution in [0.5, 0.6) is 0 Å². The second-order valence-corrected chi connectivity index (χ2v) is 5.91. The summed E-state index contributed by atoms with van der Waals surface area (Å²) in [6.07, 6.45) is 0.757. The third-order valence-corrected chi connectivity index (χ3v) is 3.71. The molecule has 1 aromatic heterocycles. The topological polar surface area (TPSA) is 117 Å². The van der Waals surface area contributed by atoms with Gasteiger partial charge < -0.3 is 14.2 Å².